The van der Waals surface area contributed by atoms with Crippen LogP contribution in [-0.2, 0) is 12.0 Å². The quantitative estimate of drug-likeness (QED) is 0.856. The lowest BCUT2D eigenvalue weighted by atomic mass is 9.92. The predicted octanol–water partition coefficient (Wildman–Crippen LogP) is 3.20. The maximum absolute atomic E-state index is 12.2. The third-order valence-electron chi connectivity index (χ3n) is 5.49. The van der Waals surface area contributed by atoms with Gasteiger partial charge in [-0.15, -0.1) is 0 Å². The van der Waals surface area contributed by atoms with Crippen molar-refractivity contribution < 1.29 is 0 Å². The van der Waals surface area contributed by atoms with E-state index in [2.05, 4.69) is 30.8 Å². The van der Waals surface area contributed by atoms with Crippen molar-refractivity contribution in [3.63, 3.8) is 0 Å². The predicted molar refractivity (Wildman–Crippen MR) is 93.8 cm³/mol. The minimum atomic E-state index is -0.0192. The first-order valence-electron chi connectivity index (χ1n) is 9.26. The molecule has 0 aromatic carbocycles. The van der Waals surface area contributed by atoms with Crippen molar-refractivity contribution in [3.8, 4) is 0 Å². The second-order valence-electron chi connectivity index (χ2n) is 8.43. The lowest BCUT2D eigenvalue weighted by molar-refractivity contribution is 0.192. The molecule has 2 fully saturated rings. The van der Waals surface area contributed by atoms with Gasteiger partial charge in [0.25, 0.3) is 5.56 Å². The Morgan fingerprint density at radius 1 is 1.09 bits per heavy atom. The average Bonchev–Trinajstić information content (AvgIpc) is 3.13. The summed E-state index contributed by atoms with van der Waals surface area (Å²) in [5.74, 6) is 0.876. The summed E-state index contributed by atoms with van der Waals surface area (Å²) < 4.78 is 1.71. The molecular weight excluding hydrogens is 286 g/mol. The molecular formula is C19H31N3O. The second kappa shape index (κ2) is 6.76. The Balaban J connectivity index is 1.71. The van der Waals surface area contributed by atoms with E-state index >= 15 is 0 Å². The summed E-state index contributed by atoms with van der Waals surface area (Å²) >= 11 is 0. The zero-order valence-electron chi connectivity index (χ0n) is 14.9. The zero-order chi connectivity index (χ0) is 16.4. The highest BCUT2D eigenvalue weighted by molar-refractivity contribution is 5.10. The number of hydrogen-bond donors (Lipinski definition) is 0. The van der Waals surface area contributed by atoms with Crippen molar-refractivity contribution in [3.05, 3.63) is 28.2 Å². The Kier molecular flexibility index (Phi) is 4.90. The number of rotatable bonds is 4. The van der Waals surface area contributed by atoms with Gasteiger partial charge in [-0.2, -0.15) is 5.10 Å². The Labute approximate surface area is 139 Å². The first-order chi connectivity index (χ1) is 10.9. The minimum absolute atomic E-state index is 0.0192. The fourth-order valence-electron chi connectivity index (χ4n) is 4.05. The Bertz CT molecular complexity index is 581. The molecule has 23 heavy (non-hydrogen) atoms. The van der Waals surface area contributed by atoms with Gasteiger partial charge in [-0.1, -0.05) is 33.6 Å². The van der Waals surface area contributed by atoms with Crippen LogP contribution in [0.2, 0.25) is 0 Å². The van der Waals surface area contributed by atoms with Crippen molar-refractivity contribution in [2.75, 3.05) is 13.1 Å². The SMILES string of the molecule is CC(C)(C)c1ccc(=O)n(CC2CCCN2CC2CCCC2)n1. The lowest BCUT2D eigenvalue weighted by Crippen LogP contribution is -2.39. The van der Waals surface area contributed by atoms with Crippen LogP contribution in [0.1, 0.15) is 65.0 Å². The second-order valence-corrected chi connectivity index (χ2v) is 8.43. The van der Waals surface area contributed by atoms with Crippen LogP contribution in [0.5, 0.6) is 0 Å². The van der Waals surface area contributed by atoms with E-state index in [4.69, 9.17) is 0 Å². The van der Waals surface area contributed by atoms with Crippen LogP contribution in [0.15, 0.2) is 16.9 Å². The fourth-order valence-corrected chi connectivity index (χ4v) is 4.05. The van der Waals surface area contributed by atoms with Gasteiger partial charge in [-0.3, -0.25) is 9.69 Å². The summed E-state index contributed by atoms with van der Waals surface area (Å²) in [6.07, 6.45) is 8.03. The molecule has 2 heterocycles. The van der Waals surface area contributed by atoms with E-state index < -0.39 is 0 Å². The van der Waals surface area contributed by atoms with E-state index in [0.717, 1.165) is 18.2 Å². The van der Waals surface area contributed by atoms with E-state index in [9.17, 15) is 4.79 Å². The largest absolute Gasteiger partial charge is 0.298 e. The Morgan fingerprint density at radius 3 is 2.52 bits per heavy atom. The van der Waals surface area contributed by atoms with E-state index in [-0.39, 0.29) is 11.0 Å². The first-order valence-corrected chi connectivity index (χ1v) is 9.26. The van der Waals surface area contributed by atoms with Crippen LogP contribution >= 0.6 is 0 Å². The molecule has 0 spiro atoms. The van der Waals surface area contributed by atoms with Gasteiger partial charge in [-0.05, 0) is 44.2 Å². The van der Waals surface area contributed by atoms with Gasteiger partial charge in [0, 0.05) is 24.1 Å². The van der Waals surface area contributed by atoms with E-state index in [0.29, 0.717) is 6.04 Å². The van der Waals surface area contributed by atoms with Gasteiger partial charge in [0.05, 0.1) is 12.2 Å². The summed E-state index contributed by atoms with van der Waals surface area (Å²) in [7, 11) is 0. The van der Waals surface area contributed by atoms with Crippen LogP contribution in [0.4, 0.5) is 0 Å². The van der Waals surface area contributed by atoms with Gasteiger partial charge in [0.15, 0.2) is 0 Å². The summed E-state index contributed by atoms with van der Waals surface area (Å²) in [6, 6.07) is 4.05. The maximum Gasteiger partial charge on any atom is 0.266 e. The molecule has 1 atom stereocenters. The monoisotopic (exact) mass is 317 g/mol. The number of likely N-dealkylation sites (tertiary alicyclic amines) is 1. The summed E-state index contributed by atoms with van der Waals surface area (Å²) in [5.41, 5.74) is 1.01. The molecule has 0 N–H and O–H groups in total. The molecule has 4 heteroatoms. The first kappa shape index (κ1) is 16.7. The summed E-state index contributed by atoms with van der Waals surface area (Å²) in [6.45, 7) is 9.59. The van der Waals surface area contributed by atoms with Gasteiger partial charge in [-0.25, -0.2) is 4.68 Å². The van der Waals surface area contributed by atoms with Gasteiger partial charge in [0.1, 0.15) is 0 Å². The Hall–Kier alpha value is -1.16. The molecule has 0 amide bonds. The van der Waals surface area contributed by atoms with Crippen molar-refractivity contribution in [2.24, 2.45) is 5.92 Å². The molecule has 3 rings (SSSR count). The van der Waals surface area contributed by atoms with E-state index in [1.54, 1.807) is 10.7 Å². The minimum Gasteiger partial charge on any atom is -0.298 e. The zero-order valence-corrected chi connectivity index (χ0v) is 14.9. The van der Waals surface area contributed by atoms with Crippen molar-refractivity contribution in [1.29, 1.82) is 0 Å². The number of nitrogens with zero attached hydrogens (tertiary/aromatic N) is 3. The molecule has 128 valence electrons. The lowest BCUT2D eigenvalue weighted by Gasteiger charge is -2.28. The van der Waals surface area contributed by atoms with Crippen LogP contribution in [-0.4, -0.2) is 33.8 Å². The van der Waals surface area contributed by atoms with Crippen molar-refractivity contribution in [1.82, 2.24) is 14.7 Å². The standard InChI is InChI=1S/C19H31N3O/c1-19(2,3)17-10-11-18(23)22(20-17)14-16-9-6-12-21(16)13-15-7-4-5-8-15/h10-11,15-16H,4-9,12-14H2,1-3H3. The topological polar surface area (TPSA) is 38.1 Å². The van der Waals surface area contributed by atoms with E-state index in [1.807, 2.05) is 6.07 Å². The molecule has 1 aliphatic heterocycles. The molecule has 0 bridgehead atoms. The molecule has 2 aliphatic rings. The van der Waals surface area contributed by atoms with E-state index in [1.165, 1.54) is 51.6 Å². The van der Waals surface area contributed by atoms with Crippen molar-refractivity contribution in [2.45, 2.75) is 77.3 Å². The molecule has 1 saturated heterocycles. The molecule has 1 saturated carbocycles. The van der Waals surface area contributed by atoms with Gasteiger partial charge < -0.3 is 0 Å². The smallest absolute Gasteiger partial charge is 0.266 e. The van der Waals surface area contributed by atoms with Crippen molar-refractivity contribution >= 4 is 0 Å². The molecule has 1 aromatic rings. The normalized spacial score (nSPS) is 23.7. The number of hydrogen-bond acceptors (Lipinski definition) is 3. The fraction of sp³-hybridized carbons (Fsp3) is 0.789. The highest BCUT2D eigenvalue weighted by Crippen LogP contribution is 2.29. The third kappa shape index (κ3) is 4.03. The molecule has 4 nitrogen and oxygen atoms in total. The molecule has 1 aromatic heterocycles. The highest BCUT2D eigenvalue weighted by Gasteiger charge is 2.29. The Morgan fingerprint density at radius 2 is 1.83 bits per heavy atom. The average molecular weight is 317 g/mol. The maximum atomic E-state index is 12.2. The van der Waals surface area contributed by atoms with Crippen LogP contribution < -0.4 is 5.56 Å². The van der Waals surface area contributed by atoms with Gasteiger partial charge >= 0.3 is 0 Å². The summed E-state index contributed by atoms with van der Waals surface area (Å²) in [5, 5.41) is 4.65. The number of aromatic nitrogens is 2. The highest BCUT2D eigenvalue weighted by atomic mass is 16.1. The molecule has 1 unspecified atom stereocenters. The van der Waals surface area contributed by atoms with Crippen LogP contribution in [0.25, 0.3) is 0 Å². The molecule has 0 radical (unpaired) electrons. The van der Waals surface area contributed by atoms with Gasteiger partial charge in [0.2, 0.25) is 0 Å². The summed E-state index contributed by atoms with van der Waals surface area (Å²) in [4.78, 5) is 14.8. The van der Waals surface area contributed by atoms with Crippen LogP contribution in [0, 0.1) is 5.92 Å². The third-order valence-corrected chi connectivity index (χ3v) is 5.49. The van der Waals surface area contributed by atoms with Crippen LogP contribution in [0.3, 0.4) is 0 Å². The molecule has 1 aliphatic carbocycles.